The van der Waals surface area contributed by atoms with Gasteiger partial charge in [-0.25, -0.2) is 0 Å². The Hall–Kier alpha value is -1.02. The van der Waals surface area contributed by atoms with Gasteiger partial charge in [0, 0.05) is 6.42 Å². The smallest absolute Gasteiger partial charge is 0.268 e. The van der Waals surface area contributed by atoms with Crippen molar-refractivity contribution < 1.29 is 32.9 Å². The van der Waals surface area contributed by atoms with Crippen molar-refractivity contribution in [2.45, 2.75) is 283 Å². The number of aliphatic hydroxyl groups excluding tert-OH is 1. The summed E-state index contributed by atoms with van der Waals surface area (Å²) in [4.78, 5) is 25.4. The van der Waals surface area contributed by atoms with Gasteiger partial charge in [0.05, 0.1) is 39.9 Å². The number of carbonyl (C=O) groups is 1. The number of allylic oxidation sites excluding steroid dienone is 4. The van der Waals surface area contributed by atoms with E-state index in [1.807, 2.05) is 21.1 Å². The highest BCUT2D eigenvalue weighted by atomic mass is 31.2. The SMILES string of the molecule is CCCCC/C=C\C/C=C\CCCCCCCC(=O)NC(COP(=O)([O-])OCC[N+](C)(C)C)C(O)CCCCCCCCCCCCCCCCCCCCCCCCCCCCC. The van der Waals surface area contributed by atoms with E-state index in [2.05, 4.69) is 43.5 Å². The largest absolute Gasteiger partial charge is 0.756 e. The van der Waals surface area contributed by atoms with Crippen LogP contribution in [0.25, 0.3) is 0 Å². The number of nitrogens with one attached hydrogen (secondary N) is 1. The summed E-state index contributed by atoms with van der Waals surface area (Å²) in [5.74, 6) is -0.176. The van der Waals surface area contributed by atoms with Crippen LogP contribution in [0.5, 0.6) is 0 Å². The highest BCUT2D eigenvalue weighted by molar-refractivity contribution is 7.45. The Bertz CT molecular complexity index is 1090. The van der Waals surface area contributed by atoms with Gasteiger partial charge in [-0.05, 0) is 44.9 Å². The molecule has 0 heterocycles. The van der Waals surface area contributed by atoms with Gasteiger partial charge in [-0.1, -0.05) is 244 Å². The van der Waals surface area contributed by atoms with E-state index in [-0.39, 0.29) is 19.1 Å². The molecule has 0 radical (unpaired) electrons. The summed E-state index contributed by atoms with van der Waals surface area (Å²) in [5.41, 5.74) is 0. The van der Waals surface area contributed by atoms with E-state index in [0.717, 1.165) is 64.2 Å². The number of hydrogen-bond donors (Lipinski definition) is 2. The Labute approximate surface area is 398 Å². The lowest BCUT2D eigenvalue weighted by Crippen LogP contribution is -2.46. The van der Waals surface area contributed by atoms with Crippen molar-refractivity contribution in [1.29, 1.82) is 0 Å². The second-order valence-corrected chi connectivity index (χ2v) is 21.7. The first-order valence-corrected chi connectivity index (χ1v) is 29.1. The standard InChI is InChI=1S/C55H109N2O6P/c1-6-8-10-12-14-16-18-20-22-23-24-25-26-27-28-29-30-31-32-33-35-36-38-40-42-44-46-48-54(58)53(52-63-64(60,61)62-51-50-57(3,4)5)56-55(59)49-47-45-43-41-39-37-34-21-19-17-15-13-11-9-7-2/h15,17,21,34,53-54,58H,6-14,16,18-20,22-33,35-52H2,1-5H3,(H-,56,59,60,61)/b17-15-,34-21-. The molecule has 0 aliphatic rings. The Balaban J connectivity index is 4.12. The summed E-state index contributed by atoms with van der Waals surface area (Å²) in [6.07, 6.45) is 57.8. The van der Waals surface area contributed by atoms with Crippen LogP contribution >= 0.6 is 7.82 Å². The number of quaternary nitrogens is 1. The molecule has 0 bridgehead atoms. The highest BCUT2D eigenvalue weighted by Crippen LogP contribution is 2.38. The number of likely N-dealkylation sites (N-methyl/N-ethyl adjacent to an activating group) is 1. The number of carbonyl (C=O) groups excluding carboxylic acids is 1. The first-order valence-electron chi connectivity index (χ1n) is 27.7. The lowest BCUT2D eigenvalue weighted by molar-refractivity contribution is -0.870. The third-order valence-electron chi connectivity index (χ3n) is 12.7. The van der Waals surface area contributed by atoms with Crippen LogP contribution in [0, 0.1) is 0 Å². The Kier molecular flexibility index (Phi) is 46.3. The quantitative estimate of drug-likeness (QED) is 0.0272. The number of hydrogen-bond acceptors (Lipinski definition) is 6. The van der Waals surface area contributed by atoms with Crippen LogP contribution in [-0.4, -0.2) is 68.5 Å². The minimum atomic E-state index is -4.57. The van der Waals surface area contributed by atoms with Crippen molar-refractivity contribution in [1.82, 2.24) is 5.32 Å². The fraction of sp³-hybridized carbons (Fsp3) is 0.909. The van der Waals surface area contributed by atoms with Crippen molar-refractivity contribution in [3.8, 4) is 0 Å². The van der Waals surface area contributed by atoms with Crippen LogP contribution in [0.15, 0.2) is 24.3 Å². The lowest BCUT2D eigenvalue weighted by Gasteiger charge is -2.30. The maximum absolute atomic E-state index is 12.9. The average molecular weight is 925 g/mol. The zero-order valence-corrected chi connectivity index (χ0v) is 44.1. The number of phosphoric acid groups is 1. The van der Waals surface area contributed by atoms with E-state index in [0.29, 0.717) is 23.9 Å². The van der Waals surface area contributed by atoms with Gasteiger partial charge in [0.25, 0.3) is 7.82 Å². The summed E-state index contributed by atoms with van der Waals surface area (Å²) >= 11 is 0. The monoisotopic (exact) mass is 925 g/mol. The molecule has 64 heavy (non-hydrogen) atoms. The molecule has 9 heteroatoms. The molecule has 0 fully saturated rings. The zero-order chi connectivity index (χ0) is 47.1. The zero-order valence-electron chi connectivity index (χ0n) is 43.3. The molecule has 380 valence electrons. The van der Waals surface area contributed by atoms with Crippen molar-refractivity contribution >= 4 is 13.7 Å². The molecule has 0 rings (SSSR count). The van der Waals surface area contributed by atoms with Crippen LogP contribution in [0.1, 0.15) is 271 Å². The number of aliphatic hydroxyl groups is 1. The summed E-state index contributed by atoms with van der Waals surface area (Å²) in [6, 6.07) is -0.807. The molecule has 3 unspecified atom stereocenters. The van der Waals surface area contributed by atoms with Crippen molar-refractivity contribution in [3.05, 3.63) is 24.3 Å². The van der Waals surface area contributed by atoms with E-state index >= 15 is 0 Å². The summed E-state index contributed by atoms with van der Waals surface area (Å²) in [6.45, 7) is 4.71. The molecule has 0 spiro atoms. The number of nitrogens with zero attached hydrogens (tertiary/aromatic N) is 1. The van der Waals surface area contributed by atoms with Gasteiger partial charge in [-0.2, -0.15) is 0 Å². The van der Waals surface area contributed by atoms with Gasteiger partial charge in [0.2, 0.25) is 5.91 Å². The predicted octanol–water partition coefficient (Wildman–Crippen LogP) is 15.8. The number of amides is 1. The van der Waals surface area contributed by atoms with Gasteiger partial charge >= 0.3 is 0 Å². The molecule has 0 aliphatic heterocycles. The van der Waals surface area contributed by atoms with E-state index < -0.39 is 20.0 Å². The fourth-order valence-electron chi connectivity index (χ4n) is 8.31. The van der Waals surface area contributed by atoms with Crippen molar-refractivity contribution in [2.75, 3.05) is 40.9 Å². The van der Waals surface area contributed by atoms with Crippen molar-refractivity contribution in [2.24, 2.45) is 0 Å². The van der Waals surface area contributed by atoms with E-state index in [1.54, 1.807) is 0 Å². The van der Waals surface area contributed by atoms with Crippen molar-refractivity contribution in [3.63, 3.8) is 0 Å². The lowest BCUT2D eigenvalue weighted by atomic mass is 10.0. The topological polar surface area (TPSA) is 108 Å². The van der Waals surface area contributed by atoms with Gasteiger partial charge in [-0.3, -0.25) is 9.36 Å². The second-order valence-electron chi connectivity index (χ2n) is 20.3. The molecular weight excluding hydrogens is 816 g/mol. The minimum Gasteiger partial charge on any atom is -0.756 e. The molecule has 2 N–H and O–H groups in total. The second kappa shape index (κ2) is 47.1. The van der Waals surface area contributed by atoms with Crippen LogP contribution in [-0.2, 0) is 18.4 Å². The Morgan fingerprint density at radius 2 is 0.906 bits per heavy atom. The van der Waals surface area contributed by atoms with Crippen LogP contribution in [0.4, 0.5) is 0 Å². The molecule has 1 amide bonds. The van der Waals surface area contributed by atoms with Crippen LogP contribution in [0.3, 0.4) is 0 Å². The van der Waals surface area contributed by atoms with Gasteiger partial charge < -0.3 is 28.8 Å². The van der Waals surface area contributed by atoms with E-state index in [9.17, 15) is 19.4 Å². The molecule has 0 aromatic carbocycles. The number of unbranched alkanes of at least 4 members (excludes halogenated alkanes) is 34. The predicted molar refractivity (Wildman–Crippen MR) is 275 cm³/mol. The van der Waals surface area contributed by atoms with Crippen LogP contribution in [0.2, 0.25) is 0 Å². The fourth-order valence-corrected chi connectivity index (χ4v) is 9.03. The Morgan fingerprint density at radius 1 is 0.547 bits per heavy atom. The average Bonchev–Trinajstić information content (AvgIpc) is 3.25. The number of phosphoric ester groups is 1. The molecule has 0 saturated carbocycles. The summed E-state index contributed by atoms with van der Waals surface area (Å²) < 4.78 is 23.4. The molecule has 3 atom stereocenters. The molecule has 0 aliphatic carbocycles. The maximum Gasteiger partial charge on any atom is 0.268 e. The van der Waals surface area contributed by atoms with E-state index in [1.165, 1.54) is 180 Å². The number of rotatable bonds is 51. The third kappa shape index (κ3) is 48.9. The van der Waals surface area contributed by atoms with E-state index in [4.69, 9.17) is 9.05 Å². The van der Waals surface area contributed by atoms with Gasteiger partial charge in [0.1, 0.15) is 13.2 Å². The van der Waals surface area contributed by atoms with Crippen LogP contribution < -0.4 is 10.2 Å². The summed E-state index contributed by atoms with van der Waals surface area (Å²) in [7, 11) is 1.30. The van der Waals surface area contributed by atoms with Gasteiger partial charge in [-0.15, -0.1) is 0 Å². The first-order chi connectivity index (χ1) is 31.0. The Morgan fingerprint density at radius 3 is 1.33 bits per heavy atom. The molecule has 0 aromatic rings. The minimum absolute atomic E-state index is 0.0102. The van der Waals surface area contributed by atoms with Gasteiger partial charge in [0.15, 0.2) is 0 Å². The maximum atomic E-state index is 12.9. The molecule has 0 saturated heterocycles. The third-order valence-corrected chi connectivity index (χ3v) is 13.7. The molecule has 0 aromatic heterocycles. The molecular formula is C55H109N2O6P. The highest BCUT2D eigenvalue weighted by Gasteiger charge is 2.24. The first kappa shape index (κ1) is 63.0. The normalized spacial score (nSPS) is 14.2. The summed E-state index contributed by atoms with van der Waals surface area (Å²) in [5, 5.41) is 14.0. The molecule has 8 nitrogen and oxygen atoms in total.